The first kappa shape index (κ1) is 13.4. The Labute approximate surface area is 115 Å². The maximum Gasteiger partial charge on any atom is 0.254 e. The zero-order chi connectivity index (χ0) is 13.1. The van der Waals surface area contributed by atoms with E-state index in [9.17, 15) is 9.90 Å². The Balaban J connectivity index is 2.12. The fourth-order valence-electron chi connectivity index (χ4n) is 2.14. The fraction of sp³-hybridized carbons (Fsp3) is 0.462. The minimum Gasteiger partial charge on any atom is -0.507 e. The van der Waals surface area contributed by atoms with Crippen LogP contribution < -0.4 is 0 Å². The minimum absolute atomic E-state index is 0.0560. The number of amides is 1. The van der Waals surface area contributed by atoms with Gasteiger partial charge in [0.15, 0.2) is 0 Å². The molecule has 18 heavy (non-hydrogen) atoms. The molecule has 1 atom stereocenters. The lowest BCUT2D eigenvalue weighted by Gasteiger charge is -2.32. The normalized spacial score (nSPS) is 19.9. The molecule has 0 aliphatic carbocycles. The van der Waals surface area contributed by atoms with Crippen molar-refractivity contribution in [1.82, 2.24) is 4.90 Å². The summed E-state index contributed by atoms with van der Waals surface area (Å²) in [5.74, 6) is 0.0284. The van der Waals surface area contributed by atoms with E-state index in [1.165, 1.54) is 6.07 Å². The first-order chi connectivity index (χ1) is 8.61. The first-order valence-corrected chi connectivity index (χ1v) is 6.71. The van der Waals surface area contributed by atoms with Crippen LogP contribution >= 0.6 is 15.9 Å². The van der Waals surface area contributed by atoms with E-state index in [1.807, 2.05) is 0 Å². The Morgan fingerprint density at radius 3 is 3.00 bits per heavy atom. The standard InChI is InChI=1S/C13H16BrNO3/c1-18-10-3-2-6-15(8-10)13(17)9-4-5-11(14)12(16)7-9/h4-5,7,10,16H,2-3,6,8H2,1H3. The van der Waals surface area contributed by atoms with E-state index < -0.39 is 0 Å². The SMILES string of the molecule is COC1CCCN(C(=O)c2ccc(Br)c(O)c2)C1. The molecule has 1 aliphatic heterocycles. The predicted octanol–water partition coefficient (Wildman–Crippen LogP) is 2.41. The number of hydrogen-bond acceptors (Lipinski definition) is 3. The van der Waals surface area contributed by atoms with Gasteiger partial charge in [-0.05, 0) is 47.0 Å². The van der Waals surface area contributed by atoms with Gasteiger partial charge in [-0.2, -0.15) is 0 Å². The number of phenols is 1. The van der Waals surface area contributed by atoms with E-state index in [0.29, 0.717) is 16.6 Å². The van der Waals surface area contributed by atoms with Crippen LogP contribution in [0, 0.1) is 0 Å². The molecule has 5 heteroatoms. The van der Waals surface area contributed by atoms with E-state index >= 15 is 0 Å². The number of methoxy groups -OCH3 is 1. The van der Waals surface area contributed by atoms with Gasteiger partial charge in [0.25, 0.3) is 5.91 Å². The number of piperidine rings is 1. The van der Waals surface area contributed by atoms with E-state index in [0.717, 1.165) is 19.4 Å². The van der Waals surface area contributed by atoms with Gasteiger partial charge in [0.05, 0.1) is 10.6 Å². The van der Waals surface area contributed by atoms with Gasteiger partial charge in [0.2, 0.25) is 0 Å². The zero-order valence-corrected chi connectivity index (χ0v) is 11.8. The molecule has 1 unspecified atom stereocenters. The maximum atomic E-state index is 12.3. The van der Waals surface area contributed by atoms with Crippen LogP contribution in [-0.2, 0) is 4.74 Å². The molecule has 0 aromatic heterocycles. The third-order valence-electron chi connectivity index (χ3n) is 3.19. The molecule has 0 saturated carbocycles. The molecule has 1 aromatic carbocycles. The molecular formula is C13H16BrNO3. The number of hydrogen-bond donors (Lipinski definition) is 1. The summed E-state index contributed by atoms with van der Waals surface area (Å²) in [5, 5.41) is 9.60. The van der Waals surface area contributed by atoms with E-state index in [4.69, 9.17) is 4.74 Å². The van der Waals surface area contributed by atoms with Crippen molar-refractivity contribution in [2.45, 2.75) is 18.9 Å². The first-order valence-electron chi connectivity index (χ1n) is 5.92. The number of likely N-dealkylation sites (tertiary alicyclic amines) is 1. The molecule has 4 nitrogen and oxygen atoms in total. The average Bonchev–Trinajstić information content (AvgIpc) is 2.41. The van der Waals surface area contributed by atoms with Crippen molar-refractivity contribution >= 4 is 21.8 Å². The lowest BCUT2D eigenvalue weighted by Crippen LogP contribution is -2.42. The van der Waals surface area contributed by atoms with Crippen LogP contribution in [0.25, 0.3) is 0 Å². The Hall–Kier alpha value is -1.07. The molecular weight excluding hydrogens is 298 g/mol. The number of carbonyl (C=O) groups is 1. The van der Waals surface area contributed by atoms with Gasteiger partial charge < -0.3 is 14.7 Å². The monoisotopic (exact) mass is 313 g/mol. The number of benzene rings is 1. The number of rotatable bonds is 2. The van der Waals surface area contributed by atoms with Crippen molar-refractivity contribution in [2.24, 2.45) is 0 Å². The van der Waals surface area contributed by atoms with Crippen molar-refractivity contribution in [1.29, 1.82) is 0 Å². The van der Waals surface area contributed by atoms with Crippen LogP contribution in [0.5, 0.6) is 5.75 Å². The second-order valence-corrected chi connectivity index (χ2v) is 5.27. The molecule has 1 aliphatic rings. The summed E-state index contributed by atoms with van der Waals surface area (Å²) in [5.41, 5.74) is 0.507. The lowest BCUT2D eigenvalue weighted by molar-refractivity contribution is 0.0269. The predicted molar refractivity (Wildman–Crippen MR) is 71.7 cm³/mol. The Morgan fingerprint density at radius 1 is 1.56 bits per heavy atom. The minimum atomic E-state index is -0.0560. The topological polar surface area (TPSA) is 49.8 Å². The summed E-state index contributed by atoms with van der Waals surface area (Å²) < 4.78 is 5.89. The second-order valence-electron chi connectivity index (χ2n) is 4.42. The molecule has 1 fully saturated rings. The largest absolute Gasteiger partial charge is 0.507 e. The molecule has 0 bridgehead atoms. The van der Waals surface area contributed by atoms with Crippen LogP contribution in [0.3, 0.4) is 0 Å². The number of halogens is 1. The van der Waals surface area contributed by atoms with Gasteiger partial charge in [0.1, 0.15) is 5.75 Å². The van der Waals surface area contributed by atoms with Gasteiger partial charge in [-0.1, -0.05) is 0 Å². The molecule has 98 valence electrons. The Bertz CT molecular complexity index is 450. The van der Waals surface area contributed by atoms with Crippen molar-refractivity contribution in [3.8, 4) is 5.75 Å². The summed E-state index contributed by atoms with van der Waals surface area (Å²) in [6.45, 7) is 1.36. The second kappa shape index (κ2) is 5.71. The summed E-state index contributed by atoms with van der Waals surface area (Å²) in [7, 11) is 1.67. The fourth-order valence-corrected chi connectivity index (χ4v) is 2.39. The highest BCUT2D eigenvalue weighted by Crippen LogP contribution is 2.25. The van der Waals surface area contributed by atoms with E-state index in [2.05, 4.69) is 15.9 Å². The zero-order valence-electron chi connectivity index (χ0n) is 10.2. The van der Waals surface area contributed by atoms with Gasteiger partial charge in [0, 0.05) is 25.8 Å². The molecule has 0 radical (unpaired) electrons. The highest BCUT2D eigenvalue weighted by atomic mass is 79.9. The van der Waals surface area contributed by atoms with E-state index in [-0.39, 0.29) is 17.8 Å². The van der Waals surface area contributed by atoms with Crippen molar-refractivity contribution in [2.75, 3.05) is 20.2 Å². The van der Waals surface area contributed by atoms with Crippen LogP contribution in [0.15, 0.2) is 22.7 Å². The van der Waals surface area contributed by atoms with Gasteiger partial charge in [-0.15, -0.1) is 0 Å². The highest BCUT2D eigenvalue weighted by Gasteiger charge is 2.24. The summed E-state index contributed by atoms with van der Waals surface area (Å²) in [4.78, 5) is 14.0. The van der Waals surface area contributed by atoms with Crippen LogP contribution in [0.4, 0.5) is 0 Å². The van der Waals surface area contributed by atoms with Crippen molar-refractivity contribution < 1.29 is 14.6 Å². The third kappa shape index (κ3) is 2.84. The van der Waals surface area contributed by atoms with Gasteiger partial charge in [-0.25, -0.2) is 0 Å². The third-order valence-corrected chi connectivity index (χ3v) is 3.86. The van der Waals surface area contributed by atoms with Crippen LogP contribution in [0.1, 0.15) is 23.2 Å². The molecule has 1 saturated heterocycles. The molecule has 2 rings (SSSR count). The smallest absolute Gasteiger partial charge is 0.254 e. The lowest BCUT2D eigenvalue weighted by atomic mass is 10.1. The molecule has 1 aromatic rings. The number of ether oxygens (including phenoxy) is 1. The molecule has 1 heterocycles. The number of carbonyl (C=O) groups excluding carboxylic acids is 1. The highest BCUT2D eigenvalue weighted by molar-refractivity contribution is 9.10. The Kier molecular flexibility index (Phi) is 4.24. The van der Waals surface area contributed by atoms with Crippen LogP contribution in [-0.4, -0.2) is 42.2 Å². The van der Waals surface area contributed by atoms with Crippen molar-refractivity contribution in [3.63, 3.8) is 0 Å². The molecule has 0 spiro atoms. The van der Waals surface area contributed by atoms with Gasteiger partial charge >= 0.3 is 0 Å². The maximum absolute atomic E-state index is 12.3. The van der Waals surface area contributed by atoms with Crippen LogP contribution in [0.2, 0.25) is 0 Å². The quantitative estimate of drug-likeness (QED) is 0.912. The number of phenolic OH excluding ortho intramolecular Hbond substituents is 1. The summed E-state index contributed by atoms with van der Waals surface area (Å²) in [6, 6.07) is 4.88. The number of nitrogens with zero attached hydrogens (tertiary/aromatic N) is 1. The van der Waals surface area contributed by atoms with Crippen molar-refractivity contribution in [3.05, 3.63) is 28.2 Å². The van der Waals surface area contributed by atoms with Gasteiger partial charge in [-0.3, -0.25) is 4.79 Å². The average molecular weight is 314 g/mol. The Morgan fingerprint density at radius 2 is 2.33 bits per heavy atom. The number of aromatic hydroxyl groups is 1. The molecule has 1 N–H and O–H groups in total. The molecule has 1 amide bonds. The van der Waals surface area contributed by atoms with E-state index in [1.54, 1.807) is 24.1 Å². The summed E-state index contributed by atoms with van der Waals surface area (Å²) in [6.07, 6.45) is 2.06. The summed E-state index contributed by atoms with van der Waals surface area (Å²) >= 11 is 3.20.